The Morgan fingerprint density at radius 2 is 2.07 bits per heavy atom. The van der Waals surface area contributed by atoms with Crippen LogP contribution in [0.1, 0.15) is 33.1 Å². The number of halogens is 1. The quantitative estimate of drug-likeness (QED) is 0.786. The van der Waals surface area contributed by atoms with Gasteiger partial charge in [0.2, 0.25) is 5.95 Å². The van der Waals surface area contributed by atoms with E-state index in [1.807, 2.05) is 12.4 Å². The molecule has 2 heterocycles. The van der Waals surface area contributed by atoms with Crippen LogP contribution in [-0.4, -0.2) is 22.1 Å². The molecule has 2 unspecified atom stereocenters. The molecule has 0 bridgehead atoms. The molecular formula is C11H16IN3. The molecule has 15 heavy (non-hydrogen) atoms. The van der Waals surface area contributed by atoms with Crippen LogP contribution in [0.2, 0.25) is 0 Å². The highest BCUT2D eigenvalue weighted by Gasteiger charge is 2.30. The monoisotopic (exact) mass is 317 g/mol. The molecule has 1 saturated heterocycles. The first kappa shape index (κ1) is 11.1. The van der Waals surface area contributed by atoms with Crippen LogP contribution in [0.25, 0.3) is 0 Å². The SMILES string of the molecule is CCC1CCC(C)N1c1ncc(I)cn1. The molecule has 0 aliphatic carbocycles. The van der Waals surface area contributed by atoms with Crippen LogP contribution >= 0.6 is 22.6 Å². The Balaban J connectivity index is 2.24. The number of hydrogen-bond acceptors (Lipinski definition) is 3. The number of aromatic nitrogens is 2. The minimum absolute atomic E-state index is 0.579. The molecule has 1 aromatic heterocycles. The van der Waals surface area contributed by atoms with E-state index < -0.39 is 0 Å². The third-order valence-corrected chi connectivity index (χ3v) is 3.65. The van der Waals surface area contributed by atoms with Crippen molar-refractivity contribution >= 4 is 28.5 Å². The predicted molar refractivity (Wildman–Crippen MR) is 70.0 cm³/mol. The van der Waals surface area contributed by atoms with Crippen LogP contribution in [0.3, 0.4) is 0 Å². The molecule has 0 saturated carbocycles. The summed E-state index contributed by atoms with van der Waals surface area (Å²) in [4.78, 5) is 11.2. The molecule has 2 atom stereocenters. The molecule has 0 radical (unpaired) electrons. The summed E-state index contributed by atoms with van der Waals surface area (Å²) in [5.74, 6) is 0.896. The van der Waals surface area contributed by atoms with Crippen molar-refractivity contribution in [2.45, 2.75) is 45.2 Å². The molecule has 4 heteroatoms. The zero-order valence-electron chi connectivity index (χ0n) is 9.15. The van der Waals surface area contributed by atoms with Crippen molar-refractivity contribution in [2.24, 2.45) is 0 Å². The molecular weight excluding hydrogens is 301 g/mol. The summed E-state index contributed by atoms with van der Waals surface area (Å²) in [5, 5.41) is 0. The molecule has 1 fully saturated rings. The standard InChI is InChI=1S/C11H16IN3/c1-3-10-5-4-8(2)15(10)11-13-6-9(12)7-14-11/h6-8,10H,3-5H2,1-2H3. The lowest BCUT2D eigenvalue weighted by Gasteiger charge is -2.27. The van der Waals surface area contributed by atoms with Crippen molar-refractivity contribution in [1.29, 1.82) is 0 Å². The number of nitrogens with zero attached hydrogens (tertiary/aromatic N) is 3. The largest absolute Gasteiger partial charge is 0.335 e. The van der Waals surface area contributed by atoms with Crippen LogP contribution < -0.4 is 4.90 Å². The molecule has 1 aromatic rings. The molecule has 2 rings (SSSR count). The molecule has 0 aromatic carbocycles. The van der Waals surface area contributed by atoms with Gasteiger partial charge in [0.25, 0.3) is 0 Å². The summed E-state index contributed by atoms with van der Waals surface area (Å²) in [6.45, 7) is 4.50. The third kappa shape index (κ3) is 2.24. The Kier molecular flexibility index (Phi) is 3.43. The van der Waals surface area contributed by atoms with Gasteiger partial charge in [-0.25, -0.2) is 9.97 Å². The number of anilines is 1. The van der Waals surface area contributed by atoms with Gasteiger partial charge in [-0.1, -0.05) is 6.92 Å². The molecule has 82 valence electrons. The summed E-state index contributed by atoms with van der Waals surface area (Å²) in [6.07, 6.45) is 7.49. The Hall–Kier alpha value is -0.390. The fourth-order valence-corrected chi connectivity index (χ4v) is 2.55. The summed E-state index contributed by atoms with van der Waals surface area (Å²) >= 11 is 2.24. The fraction of sp³-hybridized carbons (Fsp3) is 0.636. The Morgan fingerprint density at radius 3 is 2.67 bits per heavy atom. The van der Waals surface area contributed by atoms with E-state index in [2.05, 4.69) is 51.3 Å². The zero-order valence-corrected chi connectivity index (χ0v) is 11.3. The summed E-state index contributed by atoms with van der Waals surface area (Å²) in [7, 11) is 0. The molecule has 3 nitrogen and oxygen atoms in total. The van der Waals surface area contributed by atoms with Gasteiger partial charge in [0.15, 0.2) is 0 Å². The Morgan fingerprint density at radius 1 is 1.40 bits per heavy atom. The average Bonchev–Trinajstić information content (AvgIpc) is 2.61. The van der Waals surface area contributed by atoms with E-state index >= 15 is 0 Å². The van der Waals surface area contributed by atoms with Crippen molar-refractivity contribution in [1.82, 2.24) is 9.97 Å². The van der Waals surface area contributed by atoms with E-state index in [4.69, 9.17) is 0 Å². The molecule has 1 aliphatic heterocycles. The molecule has 0 N–H and O–H groups in total. The van der Waals surface area contributed by atoms with Gasteiger partial charge in [-0.05, 0) is 48.8 Å². The van der Waals surface area contributed by atoms with E-state index in [0.29, 0.717) is 12.1 Å². The number of rotatable bonds is 2. The average molecular weight is 317 g/mol. The summed E-state index contributed by atoms with van der Waals surface area (Å²) < 4.78 is 1.09. The molecule has 1 aliphatic rings. The second-order valence-corrected chi connectivity index (χ2v) is 5.34. The van der Waals surface area contributed by atoms with E-state index in [1.165, 1.54) is 19.3 Å². The smallest absolute Gasteiger partial charge is 0.225 e. The van der Waals surface area contributed by atoms with Gasteiger partial charge >= 0.3 is 0 Å². The first-order valence-corrected chi connectivity index (χ1v) is 6.56. The van der Waals surface area contributed by atoms with E-state index in [-0.39, 0.29) is 0 Å². The highest BCUT2D eigenvalue weighted by molar-refractivity contribution is 14.1. The third-order valence-electron chi connectivity index (χ3n) is 3.09. The van der Waals surface area contributed by atoms with Crippen molar-refractivity contribution in [3.05, 3.63) is 16.0 Å². The highest BCUT2D eigenvalue weighted by atomic mass is 127. The van der Waals surface area contributed by atoms with Crippen LogP contribution in [0.4, 0.5) is 5.95 Å². The molecule has 0 amide bonds. The van der Waals surface area contributed by atoms with Crippen molar-refractivity contribution in [3.8, 4) is 0 Å². The van der Waals surface area contributed by atoms with Crippen molar-refractivity contribution < 1.29 is 0 Å². The number of hydrogen-bond donors (Lipinski definition) is 0. The summed E-state index contributed by atoms with van der Waals surface area (Å²) in [5.41, 5.74) is 0. The topological polar surface area (TPSA) is 29.0 Å². The lowest BCUT2D eigenvalue weighted by molar-refractivity contribution is 0.612. The van der Waals surface area contributed by atoms with Gasteiger partial charge in [0.1, 0.15) is 0 Å². The Bertz CT molecular complexity index is 325. The van der Waals surface area contributed by atoms with E-state index in [1.54, 1.807) is 0 Å². The molecule has 0 spiro atoms. The first-order valence-electron chi connectivity index (χ1n) is 5.48. The van der Waals surface area contributed by atoms with Crippen LogP contribution in [0.5, 0.6) is 0 Å². The normalized spacial score (nSPS) is 25.9. The first-order chi connectivity index (χ1) is 7.22. The van der Waals surface area contributed by atoms with Crippen molar-refractivity contribution in [2.75, 3.05) is 4.90 Å². The Labute approximate surface area is 104 Å². The van der Waals surface area contributed by atoms with Crippen LogP contribution in [0.15, 0.2) is 12.4 Å². The lowest BCUT2D eigenvalue weighted by atomic mass is 10.2. The second-order valence-electron chi connectivity index (χ2n) is 4.10. The van der Waals surface area contributed by atoms with Gasteiger partial charge in [-0.2, -0.15) is 0 Å². The van der Waals surface area contributed by atoms with Crippen LogP contribution in [0, 0.1) is 3.57 Å². The predicted octanol–water partition coefficient (Wildman–Crippen LogP) is 2.85. The van der Waals surface area contributed by atoms with E-state index in [9.17, 15) is 0 Å². The van der Waals surface area contributed by atoms with Gasteiger partial charge in [-0.15, -0.1) is 0 Å². The van der Waals surface area contributed by atoms with Gasteiger partial charge in [0, 0.05) is 28.0 Å². The maximum Gasteiger partial charge on any atom is 0.225 e. The van der Waals surface area contributed by atoms with Crippen molar-refractivity contribution in [3.63, 3.8) is 0 Å². The summed E-state index contributed by atoms with van der Waals surface area (Å²) in [6, 6.07) is 1.20. The fourth-order valence-electron chi connectivity index (χ4n) is 2.27. The lowest BCUT2D eigenvalue weighted by Crippen LogP contribution is -2.35. The second kappa shape index (κ2) is 4.63. The minimum atomic E-state index is 0.579. The maximum absolute atomic E-state index is 4.42. The van der Waals surface area contributed by atoms with Gasteiger partial charge in [0.05, 0.1) is 0 Å². The van der Waals surface area contributed by atoms with E-state index in [0.717, 1.165) is 9.52 Å². The van der Waals surface area contributed by atoms with Gasteiger partial charge < -0.3 is 4.90 Å². The highest BCUT2D eigenvalue weighted by Crippen LogP contribution is 2.29. The minimum Gasteiger partial charge on any atom is -0.335 e. The van der Waals surface area contributed by atoms with Gasteiger partial charge in [-0.3, -0.25) is 0 Å². The maximum atomic E-state index is 4.42. The van der Waals surface area contributed by atoms with Crippen LogP contribution in [-0.2, 0) is 0 Å². The zero-order chi connectivity index (χ0) is 10.8.